The molecule has 0 aliphatic heterocycles. The van der Waals surface area contributed by atoms with Crippen molar-refractivity contribution in [1.82, 2.24) is 4.90 Å². The summed E-state index contributed by atoms with van der Waals surface area (Å²) in [5, 5.41) is 11.9. The summed E-state index contributed by atoms with van der Waals surface area (Å²) in [6.07, 6.45) is 3.08. The number of hydrogen-bond donors (Lipinski definition) is 2. The summed E-state index contributed by atoms with van der Waals surface area (Å²) in [5.74, 6) is -1.06. The van der Waals surface area contributed by atoms with Crippen molar-refractivity contribution >= 4 is 29.3 Å². The predicted molar refractivity (Wildman–Crippen MR) is 79.6 cm³/mol. The Bertz CT molecular complexity index is 491. The highest BCUT2D eigenvalue weighted by molar-refractivity contribution is 6.33. The van der Waals surface area contributed by atoms with Gasteiger partial charge in [-0.15, -0.1) is 0 Å². The Morgan fingerprint density at radius 3 is 2.65 bits per heavy atom. The number of urea groups is 1. The molecular formula is C14H19ClN2O3. The maximum atomic E-state index is 11.9. The lowest BCUT2D eigenvalue weighted by atomic mass is 10.2. The molecule has 1 aromatic rings. The zero-order valence-electron chi connectivity index (χ0n) is 11.6. The fraction of sp³-hybridized carbons (Fsp3) is 0.429. The molecule has 20 heavy (non-hydrogen) atoms. The lowest BCUT2D eigenvalue weighted by molar-refractivity contribution is 0.0697. The molecule has 2 N–H and O–H groups in total. The lowest BCUT2D eigenvalue weighted by Gasteiger charge is -2.18. The van der Waals surface area contributed by atoms with Crippen molar-refractivity contribution in [2.45, 2.75) is 26.2 Å². The lowest BCUT2D eigenvalue weighted by Crippen LogP contribution is -2.32. The SMILES string of the molecule is CCCCCN(C)C(=O)Nc1cc(C(=O)O)ccc1Cl. The summed E-state index contributed by atoms with van der Waals surface area (Å²) in [5.41, 5.74) is 0.386. The van der Waals surface area contributed by atoms with Gasteiger partial charge in [-0.2, -0.15) is 0 Å². The third-order valence-corrected chi connectivity index (χ3v) is 3.23. The average Bonchev–Trinajstić information content (AvgIpc) is 2.41. The van der Waals surface area contributed by atoms with Crippen LogP contribution in [0.1, 0.15) is 36.5 Å². The monoisotopic (exact) mass is 298 g/mol. The minimum atomic E-state index is -1.06. The summed E-state index contributed by atoms with van der Waals surface area (Å²) in [7, 11) is 1.69. The van der Waals surface area contributed by atoms with Crippen LogP contribution in [0.4, 0.5) is 10.5 Å². The van der Waals surface area contributed by atoms with Crippen LogP contribution in [0.2, 0.25) is 5.02 Å². The number of carboxylic acid groups (broad SMARTS) is 1. The number of hydrogen-bond acceptors (Lipinski definition) is 2. The molecule has 0 spiro atoms. The van der Waals surface area contributed by atoms with E-state index in [4.69, 9.17) is 16.7 Å². The number of anilines is 1. The Labute approximate surface area is 123 Å². The van der Waals surface area contributed by atoms with E-state index in [1.54, 1.807) is 11.9 Å². The average molecular weight is 299 g/mol. The number of nitrogens with one attached hydrogen (secondary N) is 1. The molecule has 110 valence electrons. The first-order chi connectivity index (χ1) is 9.45. The largest absolute Gasteiger partial charge is 0.478 e. The number of unbranched alkanes of at least 4 members (excludes halogenated alkanes) is 2. The molecule has 0 unspecified atom stereocenters. The molecule has 6 heteroatoms. The van der Waals surface area contributed by atoms with Gasteiger partial charge in [0.1, 0.15) is 0 Å². The smallest absolute Gasteiger partial charge is 0.335 e. The van der Waals surface area contributed by atoms with Gasteiger partial charge in [0.2, 0.25) is 0 Å². The predicted octanol–water partition coefficient (Wildman–Crippen LogP) is 3.69. The molecule has 0 aliphatic carbocycles. The number of aromatic carboxylic acids is 1. The molecule has 0 aromatic heterocycles. The third kappa shape index (κ3) is 4.74. The van der Waals surface area contributed by atoms with E-state index in [9.17, 15) is 9.59 Å². The quantitative estimate of drug-likeness (QED) is 0.787. The van der Waals surface area contributed by atoms with Gasteiger partial charge in [-0.25, -0.2) is 9.59 Å². The van der Waals surface area contributed by atoms with Gasteiger partial charge in [0.25, 0.3) is 0 Å². The Morgan fingerprint density at radius 1 is 1.35 bits per heavy atom. The first-order valence-corrected chi connectivity index (χ1v) is 6.88. The maximum absolute atomic E-state index is 11.9. The highest BCUT2D eigenvalue weighted by Gasteiger charge is 2.12. The number of nitrogens with zero attached hydrogens (tertiary/aromatic N) is 1. The van der Waals surface area contributed by atoms with Crippen LogP contribution in [0.3, 0.4) is 0 Å². The van der Waals surface area contributed by atoms with E-state index in [0.717, 1.165) is 19.3 Å². The van der Waals surface area contributed by atoms with Gasteiger partial charge in [-0.05, 0) is 24.6 Å². The molecule has 2 amide bonds. The van der Waals surface area contributed by atoms with Gasteiger partial charge < -0.3 is 15.3 Å². The van der Waals surface area contributed by atoms with E-state index in [-0.39, 0.29) is 11.6 Å². The Balaban J connectivity index is 2.69. The van der Waals surface area contributed by atoms with Crippen LogP contribution >= 0.6 is 11.6 Å². The molecular weight excluding hydrogens is 280 g/mol. The number of carboxylic acids is 1. The van der Waals surface area contributed by atoms with E-state index in [0.29, 0.717) is 17.3 Å². The van der Waals surface area contributed by atoms with Gasteiger partial charge in [0.15, 0.2) is 0 Å². The Hall–Kier alpha value is -1.75. The summed E-state index contributed by atoms with van der Waals surface area (Å²) >= 11 is 5.95. The fourth-order valence-corrected chi connectivity index (χ4v) is 1.83. The fourth-order valence-electron chi connectivity index (χ4n) is 1.67. The van der Waals surface area contributed by atoms with Crippen LogP contribution in [0.15, 0.2) is 18.2 Å². The topological polar surface area (TPSA) is 69.6 Å². The summed E-state index contributed by atoms with van der Waals surface area (Å²) < 4.78 is 0. The van der Waals surface area contributed by atoms with Gasteiger partial charge in [0, 0.05) is 13.6 Å². The third-order valence-electron chi connectivity index (χ3n) is 2.90. The van der Waals surface area contributed by atoms with Crippen LogP contribution in [-0.4, -0.2) is 35.6 Å². The highest BCUT2D eigenvalue weighted by Crippen LogP contribution is 2.23. The Morgan fingerprint density at radius 2 is 2.05 bits per heavy atom. The summed E-state index contributed by atoms with van der Waals surface area (Å²) in [4.78, 5) is 24.4. The molecule has 1 aromatic carbocycles. The van der Waals surface area contributed by atoms with Gasteiger partial charge in [0.05, 0.1) is 16.3 Å². The molecule has 0 radical (unpaired) electrons. The maximum Gasteiger partial charge on any atom is 0.335 e. The van der Waals surface area contributed by atoms with Crippen molar-refractivity contribution in [1.29, 1.82) is 0 Å². The van der Waals surface area contributed by atoms with Crippen molar-refractivity contribution < 1.29 is 14.7 Å². The van der Waals surface area contributed by atoms with Crippen molar-refractivity contribution in [3.05, 3.63) is 28.8 Å². The number of amides is 2. The summed E-state index contributed by atoms with van der Waals surface area (Å²) in [6, 6.07) is 3.90. The highest BCUT2D eigenvalue weighted by atomic mass is 35.5. The van der Waals surface area contributed by atoms with Crippen LogP contribution in [0.5, 0.6) is 0 Å². The summed E-state index contributed by atoms with van der Waals surface area (Å²) in [6.45, 7) is 2.74. The molecule has 1 rings (SSSR count). The standard InChI is InChI=1S/C14H19ClN2O3/c1-3-4-5-8-17(2)14(20)16-12-9-10(13(18)19)6-7-11(12)15/h6-7,9H,3-5,8H2,1-2H3,(H,16,20)(H,18,19). The molecule has 0 fully saturated rings. The second-order valence-electron chi connectivity index (χ2n) is 4.56. The van der Waals surface area contributed by atoms with Gasteiger partial charge >= 0.3 is 12.0 Å². The van der Waals surface area contributed by atoms with Crippen molar-refractivity contribution in [2.24, 2.45) is 0 Å². The number of rotatable bonds is 6. The van der Waals surface area contributed by atoms with Crippen LogP contribution in [0.25, 0.3) is 0 Å². The van der Waals surface area contributed by atoms with Gasteiger partial charge in [-0.1, -0.05) is 31.4 Å². The van der Waals surface area contributed by atoms with E-state index in [1.807, 2.05) is 0 Å². The van der Waals surface area contributed by atoms with E-state index in [2.05, 4.69) is 12.2 Å². The molecule has 0 saturated carbocycles. The van der Waals surface area contributed by atoms with Crippen molar-refractivity contribution in [3.63, 3.8) is 0 Å². The molecule has 0 bridgehead atoms. The van der Waals surface area contributed by atoms with Crippen LogP contribution in [0, 0.1) is 0 Å². The van der Waals surface area contributed by atoms with E-state index in [1.165, 1.54) is 18.2 Å². The molecule has 0 saturated heterocycles. The minimum absolute atomic E-state index is 0.0818. The second kappa shape index (κ2) is 7.75. The number of carbonyl (C=O) groups is 2. The van der Waals surface area contributed by atoms with Gasteiger partial charge in [-0.3, -0.25) is 0 Å². The van der Waals surface area contributed by atoms with Crippen molar-refractivity contribution in [3.8, 4) is 0 Å². The number of carbonyl (C=O) groups excluding carboxylic acids is 1. The molecule has 0 atom stereocenters. The second-order valence-corrected chi connectivity index (χ2v) is 4.97. The van der Waals surface area contributed by atoms with E-state index < -0.39 is 5.97 Å². The van der Waals surface area contributed by atoms with Crippen LogP contribution in [-0.2, 0) is 0 Å². The first-order valence-electron chi connectivity index (χ1n) is 6.50. The minimum Gasteiger partial charge on any atom is -0.478 e. The molecule has 0 heterocycles. The van der Waals surface area contributed by atoms with Crippen molar-refractivity contribution in [2.75, 3.05) is 18.9 Å². The number of benzene rings is 1. The van der Waals surface area contributed by atoms with Crippen LogP contribution < -0.4 is 5.32 Å². The zero-order valence-corrected chi connectivity index (χ0v) is 12.4. The molecule has 0 aliphatic rings. The Kier molecular flexibility index (Phi) is 6.31. The van der Waals surface area contributed by atoms with E-state index >= 15 is 0 Å². The first kappa shape index (κ1) is 16.3. The number of halogens is 1. The molecule has 5 nitrogen and oxygen atoms in total. The zero-order chi connectivity index (χ0) is 15.1. The normalized spacial score (nSPS) is 10.2.